The number of nitrogens with two attached hydrogens (primary N) is 1. The summed E-state index contributed by atoms with van der Waals surface area (Å²) in [5.41, 5.74) is 4.86. The number of ether oxygens (including phenoxy) is 1. The fraction of sp³-hybridized carbons (Fsp3) is 0.833. The molecule has 1 rings (SSSR count). The summed E-state index contributed by atoms with van der Waals surface area (Å²) in [5.74, 6) is 1.76. The van der Waals surface area contributed by atoms with E-state index >= 15 is 0 Å². The minimum absolute atomic E-state index is 0.0196. The van der Waals surface area contributed by atoms with Gasteiger partial charge in [0, 0.05) is 17.7 Å². The van der Waals surface area contributed by atoms with Crippen LogP contribution in [0.1, 0.15) is 84.0 Å². The average Bonchev–Trinajstić information content (AvgIpc) is 2.85. The Kier molecular flexibility index (Phi) is 19.9. The van der Waals surface area contributed by atoms with Crippen LogP contribution < -0.4 is 11.4 Å². The van der Waals surface area contributed by atoms with Crippen molar-refractivity contribution in [2.45, 2.75) is 96.6 Å². The van der Waals surface area contributed by atoms with Crippen molar-refractivity contribution in [2.75, 3.05) is 36.8 Å². The molecule has 0 bridgehead atoms. The molecule has 36 heavy (non-hydrogen) atoms. The van der Waals surface area contributed by atoms with Crippen LogP contribution in [0.25, 0.3) is 0 Å². The van der Waals surface area contributed by atoms with Crippen LogP contribution in [0.3, 0.4) is 0 Å². The van der Waals surface area contributed by atoms with Gasteiger partial charge in [-0.15, -0.1) is 0 Å². The molecular weight excluding hydrogens is 521 g/mol. The molecule has 210 valence electrons. The number of rotatable bonds is 24. The van der Waals surface area contributed by atoms with Gasteiger partial charge in [0.05, 0.1) is 25.9 Å². The summed E-state index contributed by atoms with van der Waals surface area (Å²) < 4.78 is 23.8. The third-order valence-electron chi connectivity index (χ3n) is 5.60. The van der Waals surface area contributed by atoms with Gasteiger partial charge in [0.25, 0.3) is 0 Å². The zero-order chi connectivity index (χ0) is 26.5. The third kappa shape index (κ3) is 17.8. The fourth-order valence-electron chi connectivity index (χ4n) is 3.53. The lowest BCUT2D eigenvalue weighted by Gasteiger charge is -2.19. The van der Waals surface area contributed by atoms with Gasteiger partial charge in [-0.1, -0.05) is 99.1 Å². The summed E-state index contributed by atoms with van der Waals surface area (Å²) in [5, 5.41) is 9.46. The third-order valence-corrected chi connectivity index (χ3v) is 9.11. The van der Waals surface area contributed by atoms with Crippen LogP contribution in [0, 0.1) is 0 Å². The highest BCUT2D eigenvalue weighted by molar-refractivity contribution is 8.76. The summed E-state index contributed by atoms with van der Waals surface area (Å²) in [6, 6.07) is 1.45. The standard InChI is InChI=1S/C24H46N3O6PS2/c1-2-3-4-5-6-7-8-9-10-11-12-13-17-35-36-18-16-33-34(30,31)21-32-22(20-28)19-27-15-14-23(25)26-24(27)29/h14-15,22,28H,2-13,16-21H2,1H3,(H,30,31)(H2,25,26,29)/t22-/m0/s1. The smallest absolute Gasteiger partial charge is 0.353 e. The maximum atomic E-state index is 12.2. The average molecular weight is 568 g/mol. The van der Waals surface area contributed by atoms with Crippen molar-refractivity contribution < 1.29 is 23.8 Å². The number of nitrogens with zero attached hydrogens (tertiary/aromatic N) is 2. The molecule has 2 atom stereocenters. The van der Waals surface area contributed by atoms with Crippen LogP contribution in [-0.4, -0.2) is 56.7 Å². The highest BCUT2D eigenvalue weighted by Gasteiger charge is 2.22. The molecule has 0 saturated heterocycles. The summed E-state index contributed by atoms with van der Waals surface area (Å²) in [6.45, 7) is 1.95. The van der Waals surface area contributed by atoms with Gasteiger partial charge in [-0.2, -0.15) is 4.98 Å². The summed E-state index contributed by atoms with van der Waals surface area (Å²) in [4.78, 5) is 25.3. The Bertz CT molecular complexity index is 786. The lowest BCUT2D eigenvalue weighted by atomic mass is 10.1. The summed E-state index contributed by atoms with van der Waals surface area (Å²) in [6.07, 6.45) is 16.1. The predicted octanol–water partition coefficient (Wildman–Crippen LogP) is 5.45. The Balaban J connectivity index is 1.99. The fourth-order valence-corrected chi connectivity index (χ4v) is 6.48. The molecule has 0 fully saturated rings. The van der Waals surface area contributed by atoms with Crippen molar-refractivity contribution in [3.05, 3.63) is 22.7 Å². The molecule has 4 N–H and O–H groups in total. The Labute approximate surface area is 224 Å². The highest BCUT2D eigenvalue weighted by atomic mass is 33.1. The quantitative estimate of drug-likeness (QED) is 0.0840. The first-order valence-corrected chi connectivity index (χ1v) is 17.4. The Morgan fingerprint density at radius 2 is 1.61 bits per heavy atom. The molecule has 0 amide bonds. The molecule has 0 spiro atoms. The van der Waals surface area contributed by atoms with Crippen LogP contribution in [0.2, 0.25) is 0 Å². The maximum Gasteiger partial charge on any atom is 0.353 e. The first-order valence-electron chi connectivity index (χ1n) is 13.1. The van der Waals surface area contributed by atoms with Crippen LogP contribution >= 0.6 is 29.2 Å². The molecular formula is C24H46N3O6PS2. The van der Waals surface area contributed by atoms with E-state index in [0.29, 0.717) is 5.75 Å². The lowest BCUT2D eigenvalue weighted by Crippen LogP contribution is -2.32. The van der Waals surface area contributed by atoms with Gasteiger partial charge in [0.15, 0.2) is 0 Å². The van der Waals surface area contributed by atoms with Crippen molar-refractivity contribution in [3.63, 3.8) is 0 Å². The Morgan fingerprint density at radius 1 is 1.03 bits per heavy atom. The number of hydrogen-bond acceptors (Lipinski definition) is 9. The van der Waals surface area contributed by atoms with E-state index in [2.05, 4.69) is 11.9 Å². The molecule has 0 aliphatic rings. The number of aromatic nitrogens is 2. The lowest BCUT2D eigenvalue weighted by molar-refractivity contribution is 0.0170. The minimum Gasteiger partial charge on any atom is -0.394 e. The van der Waals surface area contributed by atoms with Crippen LogP contribution in [-0.2, 0) is 20.4 Å². The largest absolute Gasteiger partial charge is 0.394 e. The second kappa shape index (κ2) is 21.4. The molecule has 0 saturated carbocycles. The second-order valence-electron chi connectivity index (χ2n) is 8.89. The zero-order valence-corrected chi connectivity index (χ0v) is 24.3. The van der Waals surface area contributed by atoms with Crippen molar-refractivity contribution in [3.8, 4) is 0 Å². The number of aliphatic hydroxyl groups excluding tert-OH is 1. The number of nitrogen functional groups attached to an aromatic ring is 1. The van der Waals surface area contributed by atoms with Crippen LogP contribution in [0.5, 0.6) is 0 Å². The Morgan fingerprint density at radius 3 is 2.19 bits per heavy atom. The molecule has 1 unspecified atom stereocenters. The van der Waals surface area contributed by atoms with Gasteiger partial charge in [-0.3, -0.25) is 9.13 Å². The van der Waals surface area contributed by atoms with Crippen molar-refractivity contribution in [2.24, 2.45) is 0 Å². The van der Waals surface area contributed by atoms with Crippen molar-refractivity contribution in [1.82, 2.24) is 9.55 Å². The molecule has 0 aliphatic heterocycles. The van der Waals surface area contributed by atoms with E-state index in [-0.39, 0.29) is 19.0 Å². The molecule has 0 aromatic carbocycles. The number of aliphatic hydroxyl groups is 1. The van der Waals surface area contributed by atoms with E-state index < -0.39 is 32.3 Å². The van der Waals surface area contributed by atoms with Gasteiger partial charge < -0.3 is 25.0 Å². The summed E-state index contributed by atoms with van der Waals surface area (Å²) in [7, 11) is -0.555. The van der Waals surface area contributed by atoms with E-state index in [1.54, 1.807) is 21.6 Å². The van der Waals surface area contributed by atoms with Crippen molar-refractivity contribution in [1.29, 1.82) is 0 Å². The number of hydrogen-bond donors (Lipinski definition) is 3. The Hall–Kier alpha value is -0.550. The summed E-state index contributed by atoms with van der Waals surface area (Å²) >= 11 is 0. The first kappa shape index (κ1) is 33.5. The molecule has 1 aromatic heterocycles. The van der Waals surface area contributed by atoms with Gasteiger partial charge in [0.1, 0.15) is 12.2 Å². The van der Waals surface area contributed by atoms with Crippen molar-refractivity contribution >= 4 is 35.0 Å². The highest BCUT2D eigenvalue weighted by Crippen LogP contribution is 2.42. The van der Waals surface area contributed by atoms with E-state index in [9.17, 15) is 19.4 Å². The monoisotopic (exact) mass is 567 g/mol. The molecule has 0 aliphatic carbocycles. The molecule has 9 nitrogen and oxygen atoms in total. The minimum atomic E-state index is -3.95. The van der Waals surface area contributed by atoms with Gasteiger partial charge in [0.2, 0.25) is 0 Å². The molecule has 1 aromatic rings. The maximum absolute atomic E-state index is 12.2. The van der Waals surface area contributed by atoms with Crippen LogP contribution in [0.15, 0.2) is 17.1 Å². The van der Waals surface area contributed by atoms with Gasteiger partial charge in [-0.25, -0.2) is 4.79 Å². The molecule has 0 radical (unpaired) electrons. The van der Waals surface area contributed by atoms with Gasteiger partial charge in [-0.05, 0) is 12.5 Å². The second-order valence-corrected chi connectivity index (χ2v) is 13.4. The molecule has 12 heteroatoms. The van der Waals surface area contributed by atoms with Crippen LogP contribution in [0.4, 0.5) is 5.82 Å². The number of anilines is 1. The zero-order valence-electron chi connectivity index (χ0n) is 21.7. The topological polar surface area (TPSA) is 137 Å². The molecule has 1 heterocycles. The predicted molar refractivity (Wildman–Crippen MR) is 152 cm³/mol. The van der Waals surface area contributed by atoms with E-state index in [0.717, 1.165) is 5.75 Å². The van der Waals surface area contributed by atoms with E-state index in [1.165, 1.54) is 93.9 Å². The van der Waals surface area contributed by atoms with E-state index in [4.69, 9.17) is 15.0 Å². The first-order chi connectivity index (χ1) is 17.4. The SMILES string of the molecule is CCCCCCCCCCCCCCSSCCOP(=O)(O)CO[C@H](CO)Cn1ccc(N)nc1=O. The number of unbranched alkanes of at least 4 members (excludes halogenated alkanes) is 11. The van der Waals surface area contributed by atoms with Gasteiger partial charge >= 0.3 is 13.3 Å². The normalized spacial score (nSPS) is 14.1. The van der Waals surface area contributed by atoms with E-state index in [1.807, 2.05) is 0 Å².